The van der Waals surface area contributed by atoms with Crippen molar-refractivity contribution in [3.63, 3.8) is 0 Å². The lowest BCUT2D eigenvalue weighted by atomic mass is 9.97. The number of hydrazone groups is 1. The number of rotatable bonds is 6. The van der Waals surface area contributed by atoms with E-state index in [4.69, 9.17) is 4.74 Å². The van der Waals surface area contributed by atoms with E-state index in [0.717, 1.165) is 36.2 Å². The summed E-state index contributed by atoms with van der Waals surface area (Å²) in [5.74, 6) is -0.977. The smallest absolute Gasteiger partial charge is 0.310 e. The van der Waals surface area contributed by atoms with Crippen molar-refractivity contribution in [1.82, 2.24) is 9.91 Å². The fourth-order valence-corrected chi connectivity index (χ4v) is 4.56. The van der Waals surface area contributed by atoms with Gasteiger partial charge in [-0.1, -0.05) is 48.0 Å². The van der Waals surface area contributed by atoms with E-state index in [2.05, 4.69) is 5.10 Å². The first-order chi connectivity index (χ1) is 16.0. The van der Waals surface area contributed by atoms with Gasteiger partial charge >= 0.3 is 5.97 Å². The quantitative estimate of drug-likeness (QED) is 0.621. The van der Waals surface area contributed by atoms with E-state index in [1.807, 2.05) is 36.1 Å². The van der Waals surface area contributed by atoms with Gasteiger partial charge in [0.1, 0.15) is 5.82 Å². The third-order valence-corrected chi connectivity index (χ3v) is 6.30. The predicted octanol–water partition coefficient (Wildman–Crippen LogP) is 4.09. The second kappa shape index (κ2) is 10.3. The molecule has 2 aliphatic rings. The molecular formula is C26H30FN3O3. The molecule has 0 radical (unpaired) electrons. The van der Waals surface area contributed by atoms with E-state index < -0.39 is 6.04 Å². The topological polar surface area (TPSA) is 62.2 Å². The van der Waals surface area contributed by atoms with Crippen LogP contribution in [0.1, 0.15) is 48.9 Å². The van der Waals surface area contributed by atoms with Gasteiger partial charge in [-0.3, -0.25) is 14.5 Å². The summed E-state index contributed by atoms with van der Waals surface area (Å²) in [7, 11) is 0. The van der Waals surface area contributed by atoms with E-state index in [1.165, 1.54) is 11.1 Å². The SMILES string of the molecule is CCOC(=O)[C@H]1CCCN(CC(=O)N2N=C(c3ccc(C)cc3)C[C@@H]2c2ccccc2F)C1. The molecule has 0 aromatic heterocycles. The minimum absolute atomic E-state index is 0.130. The van der Waals surface area contributed by atoms with Crippen LogP contribution >= 0.6 is 0 Å². The number of amides is 1. The van der Waals surface area contributed by atoms with Crippen molar-refractivity contribution in [3.8, 4) is 0 Å². The molecule has 0 spiro atoms. The second-order valence-corrected chi connectivity index (χ2v) is 8.72. The Labute approximate surface area is 194 Å². The minimum atomic E-state index is -0.499. The zero-order chi connectivity index (χ0) is 23.4. The zero-order valence-electron chi connectivity index (χ0n) is 19.2. The fraction of sp³-hybridized carbons (Fsp3) is 0.423. The Morgan fingerprint density at radius 1 is 1.15 bits per heavy atom. The minimum Gasteiger partial charge on any atom is -0.466 e. The van der Waals surface area contributed by atoms with Gasteiger partial charge < -0.3 is 4.74 Å². The number of aryl methyl sites for hydroxylation is 1. The van der Waals surface area contributed by atoms with Gasteiger partial charge in [-0.25, -0.2) is 9.40 Å². The van der Waals surface area contributed by atoms with Crippen LogP contribution < -0.4 is 0 Å². The van der Waals surface area contributed by atoms with Crippen molar-refractivity contribution >= 4 is 17.6 Å². The maximum absolute atomic E-state index is 14.7. The molecule has 174 valence electrons. The molecule has 0 aliphatic carbocycles. The predicted molar refractivity (Wildman–Crippen MR) is 124 cm³/mol. The summed E-state index contributed by atoms with van der Waals surface area (Å²) in [6, 6.07) is 14.0. The van der Waals surface area contributed by atoms with Crippen LogP contribution in [0.5, 0.6) is 0 Å². The Morgan fingerprint density at radius 2 is 1.91 bits per heavy atom. The first-order valence-corrected chi connectivity index (χ1v) is 11.6. The lowest BCUT2D eigenvalue weighted by Crippen LogP contribution is -2.45. The number of nitrogens with zero attached hydrogens (tertiary/aromatic N) is 3. The summed E-state index contributed by atoms with van der Waals surface area (Å²) in [5.41, 5.74) is 3.29. The summed E-state index contributed by atoms with van der Waals surface area (Å²) < 4.78 is 19.9. The largest absolute Gasteiger partial charge is 0.466 e. The van der Waals surface area contributed by atoms with Crippen LogP contribution in [0.15, 0.2) is 53.6 Å². The number of esters is 1. The number of halogens is 1. The monoisotopic (exact) mass is 451 g/mol. The number of likely N-dealkylation sites (tertiary alicyclic amines) is 1. The summed E-state index contributed by atoms with van der Waals surface area (Å²) in [5, 5.41) is 6.08. The van der Waals surface area contributed by atoms with E-state index in [-0.39, 0.29) is 30.2 Å². The molecule has 2 aromatic rings. The zero-order valence-corrected chi connectivity index (χ0v) is 19.2. The number of hydrogen-bond donors (Lipinski definition) is 0. The van der Waals surface area contributed by atoms with Crippen molar-refractivity contribution in [2.45, 2.75) is 39.2 Å². The molecule has 2 atom stereocenters. The standard InChI is InChI=1S/C26H30FN3O3/c1-3-33-26(32)20-7-6-14-29(16-20)17-25(31)30-24(21-8-4-5-9-22(21)27)15-23(28-30)19-12-10-18(2)11-13-19/h4-5,8-13,20,24H,3,6-7,14-17H2,1-2H3/t20-,24+/m0/s1. The lowest BCUT2D eigenvalue weighted by Gasteiger charge is -2.32. The average Bonchev–Trinajstić information content (AvgIpc) is 3.25. The van der Waals surface area contributed by atoms with Crippen molar-refractivity contribution in [3.05, 3.63) is 71.0 Å². The lowest BCUT2D eigenvalue weighted by molar-refractivity contribution is -0.150. The Balaban J connectivity index is 1.55. The molecule has 1 amide bonds. The van der Waals surface area contributed by atoms with E-state index in [0.29, 0.717) is 25.1 Å². The highest BCUT2D eigenvalue weighted by Gasteiger charge is 2.36. The van der Waals surface area contributed by atoms with Crippen molar-refractivity contribution in [2.75, 3.05) is 26.2 Å². The number of benzene rings is 2. The molecule has 33 heavy (non-hydrogen) atoms. The van der Waals surface area contributed by atoms with Gasteiger partial charge in [-0.05, 0) is 44.9 Å². The maximum atomic E-state index is 14.7. The third-order valence-electron chi connectivity index (χ3n) is 6.30. The molecule has 4 rings (SSSR count). The summed E-state index contributed by atoms with van der Waals surface area (Å²) >= 11 is 0. The number of ether oxygens (including phenoxy) is 1. The van der Waals surface area contributed by atoms with Crippen LogP contribution in [0.3, 0.4) is 0 Å². The maximum Gasteiger partial charge on any atom is 0.310 e. The van der Waals surface area contributed by atoms with Crippen LogP contribution in [0.25, 0.3) is 0 Å². The Morgan fingerprint density at radius 3 is 2.64 bits per heavy atom. The van der Waals surface area contributed by atoms with Gasteiger partial charge in [0.25, 0.3) is 5.91 Å². The van der Waals surface area contributed by atoms with Gasteiger partial charge in [0.05, 0.1) is 30.8 Å². The molecule has 0 saturated carbocycles. The Bertz CT molecular complexity index is 1040. The van der Waals surface area contributed by atoms with E-state index in [1.54, 1.807) is 25.1 Å². The first kappa shape index (κ1) is 23.1. The number of hydrogen-bond acceptors (Lipinski definition) is 5. The molecule has 0 unspecified atom stereocenters. The summed E-state index contributed by atoms with van der Waals surface area (Å²) in [4.78, 5) is 27.5. The fourth-order valence-electron chi connectivity index (χ4n) is 4.56. The number of piperidine rings is 1. The van der Waals surface area contributed by atoms with E-state index in [9.17, 15) is 14.0 Å². The van der Waals surface area contributed by atoms with Crippen LogP contribution in [-0.4, -0.2) is 53.7 Å². The summed E-state index contributed by atoms with van der Waals surface area (Å²) in [6.07, 6.45) is 2.04. The van der Waals surface area contributed by atoms with Gasteiger partial charge in [0, 0.05) is 18.5 Å². The van der Waals surface area contributed by atoms with Gasteiger partial charge in [0.2, 0.25) is 0 Å². The molecule has 0 N–H and O–H groups in total. The normalized spacial score (nSPS) is 21.1. The summed E-state index contributed by atoms with van der Waals surface area (Å²) in [6.45, 7) is 5.50. The molecule has 2 aliphatic heterocycles. The highest BCUT2D eigenvalue weighted by atomic mass is 19.1. The Hall–Kier alpha value is -3.06. The van der Waals surface area contributed by atoms with Crippen LogP contribution in [0.2, 0.25) is 0 Å². The van der Waals surface area contributed by atoms with Gasteiger partial charge in [0.15, 0.2) is 0 Å². The molecule has 6 nitrogen and oxygen atoms in total. The molecular weight excluding hydrogens is 421 g/mol. The third kappa shape index (κ3) is 5.30. The van der Waals surface area contributed by atoms with Gasteiger partial charge in [-0.2, -0.15) is 5.10 Å². The van der Waals surface area contributed by atoms with Crippen LogP contribution in [0, 0.1) is 18.7 Å². The Kier molecular flexibility index (Phi) is 7.18. The van der Waals surface area contributed by atoms with E-state index >= 15 is 0 Å². The molecule has 2 aromatic carbocycles. The molecule has 7 heteroatoms. The van der Waals surface area contributed by atoms with Crippen LogP contribution in [0.4, 0.5) is 4.39 Å². The molecule has 1 saturated heterocycles. The molecule has 2 heterocycles. The molecule has 1 fully saturated rings. The number of carbonyl (C=O) groups is 2. The highest BCUT2D eigenvalue weighted by molar-refractivity contribution is 6.03. The molecule has 0 bridgehead atoms. The van der Waals surface area contributed by atoms with Crippen molar-refractivity contribution in [2.24, 2.45) is 11.0 Å². The second-order valence-electron chi connectivity index (χ2n) is 8.72. The van der Waals surface area contributed by atoms with Crippen molar-refractivity contribution in [1.29, 1.82) is 0 Å². The van der Waals surface area contributed by atoms with Crippen LogP contribution in [-0.2, 0) is 14.3 Å². The average molecular weight is 452 g/mol. The van der Waals surface area contributed by atoms with Crippen molar-refractivity contribution < 1.29 is 18.7 Å². The first-order valence-electron chi connectivity index (χ1n) is 11.6. The number of carbonyl (C=O) groups excluding carboxylic acids is 2. The van der Waals surface area contributed by atoms with Gasteiger partial charge in [-0.15, -0.1) is 0 Å². The highest BCUT2D eigenvalue weighted by Crippen LogP contribution is 2.34.